The van der Waals surface area contributed by atoms with Gasteiger partial charge in [0, 0.05) is 31.5 Å². The number of carbonyl (C=O) groups is 1. The normalized spacial score (nSPS) is 31.9. The Morgan fingerprint density at radius 1 is 1.67 bits per heavy atom. The van der Waals surface area contributed by atoms with Crippen molar-refractivity contribution in [2.45, 2.75) is 24.9 Å². The first-order valence-corrected chi connectivity index (χ1v) is 7.59. The van der Waals surface area contributed by atoms with E-state index in [2.05, 4.69) is 5.10 Å². The maximum atomic E-state index is 12.4. The summed E-state index contributed by atoms with van der Waals surface area (Å²) in [5, 5.41) is 4.08. The average molecular weight is 266 g/mol. The molecule has 98 valence electrons. The summed E-state index contributed by atoms with van der Waals surface area (Å²) < 4.78 is 7.64. The number of hydrogen-bond acceptors (Lipinski definition) is 4. The van der Waals surface area contributed by atoms with Crippen LogP contribution in [0, 0.1) is 5.92 Å². The topological polar surface area (TPSA) is 44.1 Å². The molecule has 3 rings (SSSR count). The fraction of sp³-hybridized carbons (Fsp3) is 0.692. The van der Waals surface area contributed by atoms with Gasteiger partial charge in [0.05, 0.1) is 17.4 Å². The minimum atomic E-state index is -0.0224. The highest BCUT2D eigenvalue weighted by atomic mass is 32.2. The number of Topliss-reactive ketones (excluding diaryl/α,β-unsaturated/α-hetero) is 1. The van der Waals surface area contributed by atoms with Crippen LogP contribution in [0.3, 0.4) is 0 Å². The second-order valence-electron chi connectivity index (χ2n) is 5.29. The molecule has 1 spiro atoms. The van der Waals surface area contributed by atoms with Crippen LogP contribution in [0.5, 0.6) is 0 Å². The molecule has 2 unspecified atom stereocenters. The zero-order valence-electron chi connectivity index (χ0n) is 10.6. The van der Waals surface area contributed by atoms with Gasteiger partial charge in [-0.3, -0.25) is 9.48 Å². The first-order valence-electron chi connectivity index (χ1n) is 6.43. The first kappa shape index (κ1) is 12.2. The fourth-order valence-electron chi connectivity index (χ4n) is 2.90. The Labute approximate surface area is 111 Å². The van der Waals surface area contributed by atoms with E-state index in [0.29, 0.717) is 0 Å². The highest BCUT2D eigenvalue weighted by Crippen LogP contribution is 2.41. The molecule has 5 heteroatoms. The quantitative estimate of drug-likeness (QED) is 0.767. The molecule has 0 aliphatic carbocycles. The number of thioether (sulfide) groups is 1. The molecule has 0 amide bonds. The molecule has 18 heavy (non-hydrogen) atoms. The molecule has 2 aliphatic rings. The summed E-state index contributed by atoms with van der Waals surface area (Å²) >= 11 is 1.94. The second kappa shape index (κ2) is 4.70. The summed E-state index contributed by atoms with van der Waals surface area (Å²) in [4.78, 5) is 12.4. The molecule has 0 N–H and O–H groups in total. The van der Waals surface area contributed by atoms with Gasteiger partial charge in [-0.25, -0.2) is 0 Å². The van der Waals surface area contributed by atoms with Crippen LogP contribution in [-0.2, 0) is 11.8 Å². The molecular weight excluding hydrogens is 248 g/mol. The summed E-state index contributed by atoms with van der Waals surface area (Å²) in [5.41, 5.74) is 0.719. The molecule has 0 radical (unpaired) electrons. The highest BCUT2D eigenvalue weighted by Gasteiger charge is 2.42. The lowest BCUT2D eigenvalue weighted by atomic mass is 9.82. The van der Waals surface area contributed by atoms with Crippen LogP contribution in [-0.4, -0.2) is 39.3 Å². The number of ether oxygens (including phenoxy) is 1. The monoisotopic (exact) mass is 266 g/mol. The van der Waals surface area contributed by atoms with E-state index in [9.17, 15) is 4.79 Å². The molecule has 2 fully saturated rings. The van der Waals surface area contributed by atoms with Crippen molar-refractivity contribution in [3.8, 4) is 0 Å². The van der Waals surface area contributed by atoms with Crippen LogP contribution in [0.2, 0.25) is 0 Å². The van der Waals surface area contributed by atoms with E-state index in [4.69, 9.17) is 4.74 Å². The standard InChI is InChI=1S/C13H18N2O2S/c1-15-8-11(7-14-15)12(16)10-2-4-17-13(6-10)3-5-18-9-13/h7-8,10H,2-6,9H2,1H3. The SMILES string of the molecule is Cn1cc(C(=O)C2CCOC3(CCSC3)C2)cn1. The molecule has 3 heterocycles. The number of aromatic nitrogens is 2. The molecular formula is C13H18N2O2S. The van der Waals surface area contributed by atoms with E-state index in [0.717, 1.165) is 42.9 Å². The predicted octanol–water partition coefficient (Wildman–Crippen LogP) is 1.91. The Hall–Kier alpha value is -0.810. The van der Waals surface area contributed by atoms with Gasteiger partial charge in [0.2, 0.25) is 0 Å². The van der Waals surface area contributed by atoms with Crippen molar-refractivity contribution >= 4 is 17.5 Å². The maximum Gasteiger partial charge on any atom is 0.169 e. The predicted molar refractivity (Wildman–Crippen MR) is 70.9 cm³/mol. The lowest BCUT2D eigenvalue weighted by Crippen LogP contribution is -2.42. The highest BCUT2D eigenvalue weighted by molar-refractivity contribution is 7.99. The zero-order chi connectivity index (χ0) is 12.6. The van der Waals surface area contributed by atoms with Crippen molar-refractivity contribution in [2.24, 2.45) is 13.0 Å². The molecule has 1 aromatic rings. The maximum absolute atomic E-state index is 12.4. The molecule has 2 atom stereocenters. The van der Waals surface area contributed by atoms with Crippen LogP contribution in [0.15, 0.2) is 12.4 Å². The largest absolute Gasteiger partial charge is 0.374 e. The third-order valence-corrected chi connectivity index (χ3v) is 5.14. The van der Waals surface area contributed by atoms with E-state index < -0.39 is 0 Å². The first-order chi connectivity index (χ1) is 8.69. The van der Waals surface area contributed by atoms with E-state index >= 15 is 0 Å². The molecule has 0 bridgehead atoms. The van der Waals surface area contributed by atoms with E-state index in [1.807, 2.05) is 25.0 Å². The third-order valence-electron chi connectivity index (χ3n) is 3.92. The number of hydrogen-bond donors (Lipinski definition) is 0. The molecule has 0 aromatic carbocycles. The van der Waals surface area contributed by atoms with Gasteiger partial charge in [-0.1, -0.05) is 0 Å². The van der Waals surface area contributed by atoms with Crippen molar-refractivity contribution in [1.82, 2.24) is 9.78 Å². The number of nitrogens with zero attached hydrogens (tertiary/aromatic N) is 2. The van der Waals surface area contributed by atoms with E-state index in [1.165, 1.54) is 0 Å². The van der Waals surface area contributed by atoms with Crippen molar-refractivity contribution in [3.63, 3.8) is 0 Å². The van der Waals surface area contributed by atoms with Crippen LogP contribution >= 0.6 is 11.8 Å². The van der Waals surface area contributed by atoms with Crippen LogP contribution in [0.25, 0.3) is 0 Å². The van der Waals surface area contributed by atoms with Gasteiger partial charge in [0.25, 0.3) is 0 Å². The Balaban J connectivity index is 1.74. The number of aryl methyl sites for hydroxylation is 1. The van der Waals surface area contributed by atoms with Crippen molar-refractivity contribution in [1.29, 1.82) is 0 Å². The number of ketones is 1. The molecule has 4 nitrogen and oxygen atoms in total. The van der Waals surface area contributed by atoms with Crippen molar-refractivity contribution in [3.05, 3.63) is 18.0 Å². The minimum Gasteiger partial charge on any atom is -0.374 e. The van der Waals surface area contributed by atoms with Gasteiger partial charge in [0.1, 0.15) is 0 Å². The summed E-state index contributed by atoms with van der Waals surface area (Å²) in [5.74, 6) is 2.56. The summed E-state index contributed by atoms with van der Waals surface area (Å²) in [7, 11) is 1.84. The Morgan fingerprint density at radius 3 is 3.22 bits per heavy atom. The third kappa shape index (κ3) is 2.21. The lowest BCUT2D eigenvalue weighted by molar-refractivity contribution is -0.0734. The number of rotatable bonds is 2. The van der Waals surface area contributed by atoms with Gasteiger partial charge in [0.15, 0.2) is 5.78 Å². The Kier molecular flexibility index (Phi) is 3.20. The summed E-state index contributed by atoms with van der Waals surface area (Å²) in [6.07, 6.45) is 6.31. The van der Waals surface area contributed by atoms with E-state index in [1.54, 1.807) is 10.9 Å². The van der Waals surface area contributed by atoms with Gasteiger partial charge < -0.3 is 4.74 Å². The average Bonchev–Trinajstić information content (AvgIpc) is 2.98. The van der Waals surface area contributed by atoms with Gasteiger partial charge in [-0.15, -0.1) is 0 Å². The zero-order valence-corrected chi connectivity index (χ0v) is 11.4. The van der Waals surface area contributed by atoms with Gasteiger partial charge in [-0.05, 0) is 25.0 Å². The molecule has 1 aromatic heterocycles. The van der Waals surface area contributed by atoms with Crippen molar-refractivity contribution < 1.29 is 9.53 Å². The number of carbonyl (C=O) groups excluding carboxylic acids is 1. The molecule has 2 aliphatic heterocycles. The smallest absolute Gasteiger partial charge is 0.169 e. The summed E-state index contributed by atoms with van der Waals surface area (Å²) in [6, 6.07) is 0. The Bertz CT molecular complexity index is 452. The minimum absolute atomic E-state index is 0.0224. The van der Waals surface area contributed by atoms with Gasteiger partial charge in [-0.2, -0.15) is 16.9 Å². The van der Waals surface area contributed by atoms with Crippen LogP contribution in [0.1, 0.15) is 29.6 Å². The second-order valence-corrected chi connectivity index (χ2v) is 6.40. The Morgan fingerprint density at radius 2 is 2.56 bits per heavy atom. The molecule has 0 saturated carbocycles. The van der Waals surface area contributed by atoms with Crippen LogP contribution in [0.4, 0.5) is 0 Å². The van der Waals surface area contributed by atoms with E-state index in [-0.39, 0.29) is 17.3 Å². The summed E-state index contributed by atoms with van der Waals surface area (Å²) in [6.45, 7) is 0.719. The fourth-order valence-corrected chi connectivity index (χ4v) is 4.28. The molecule has 2 saturated heterocycles. The lowest BCUT2D eigenvalue weighted by Gasteiger charge is -2.37. The van der Waals surface area contributed by atoms with Crippen LogP contribution < -0.4 is 0 Å². The van der Waals surface area contributed by atoms with Gasteiger partial charge >= 0.3 is 0 Å². The van der Waals surface area contributed by atoms with Crippen molar-refractivity contribution in [2.75, 3.05) is 18.1 Å².